The van der Waals surface area contributed by atoms with Crippen LogP contribution in [0.3, 0.4) is 0 Å². The third-order valence-corrected chi connectivity index (χ3v) is 5.00. The molecule has 0 aliphatic rings. The van der Waals surface area contributed by atoms with Crippen molar-refractivity contribution in [1.82, 2.24) is 4.31 Å². The van der Waals surface area contributed by atoms with Crippen molar-refractivity contribution in [2.24, 2.45) is 0 Å². The van der Waals surface area contributed by atoms with E-state index < -0.39 is 16.0 Å². The molecule has 0 heterocycles. The average Bonchev–Trinajstić information content (AvgIpc) is 2.57. The number of esters is 1. The van der Waals surface area contributed by atoms with Gasteiger partial charge in [-0.3, -0.25) is 0 Å². The molecular formula is C17H19NO5S. The fourth-order valence-corrected chi connectivity index (χ4v) is 2.88. The molecule has 0 saturated carbocycles. The Hall–Kier alpha value is -2.38. The van der Waals surface area contributed by atoms with Crippen LogP contribution in [-0.2, 0) is 10.0 Å². The summed E-state index contributed by atoms with van der Waals surface area (Å²) in [6, 6.07) is 12.4. The monoisotopic (exact) mass is 349 g/mol. The molecule has 7 heteroatoms. The number of hydrogen-bond donors (Lipinski definition) is 0. The maximum Gasteiger partial charge on any atom is 0.343 e. The predicted molar refractivity (Wildman–Crippen MR) is 89.9 cm³/mol. The van der Waals surface area contributed by atoms with Gasteiger partial charge in [-0.1, -0.05) is 6.07 Å². The first-order chi connectivity index (χ1) is 11.3. The van der Waals surface area contributed by atoms with Gasteiger partial charge in [-0.05, 0) is 49.4 Å². The molecule has 0 spiro atoms. The molecule has 0 amide bonds. The van der Waals surface area contributed by atoms with Crippen LogP contribution in [-0.4, -0.2) is 39.4 Å². The quantitative estimate of drug-likeness (QED) is 0.592. The van der Waals surface area contributed by atoms with Gasteiger partial charge in [0.15, 0.2) is 0 Å². The van der Waals surface area contributed by atoms with Crippen LogP contribution in [0.15, 0.2) is 53.4 Å². The van der Waals surface area contributed by atoms with E-state index in [1.54, 1.807) is 24.3 Å². The molecular weight excluding hydrogens is 330 g/mol. The van der Waals surface area contributed by atoms with E-state index in [1.807, 2.05) is 6.92 Å². The molecule has 0 unspecified atom stereocenters. The van der Waals surface area contributed by atoms with Crippen molar-refractivity contribution in [3.63, 3.8) is 0 Å². The topological polar surface area (TPSA) is 72.9 Å². The number of carbonyl (C=O) groups excluding carboxylic acids is 1. The van der Waals surface area contributed by atoms with Gasteiger partial charge in [0.1, 0.15) is 11.5 Å². The van der Waals surface area contributed by atoms with Crippen LogP contribution in [0.5, 0.6) is 11.5 Å². The number of ether oxygens (including phenoxy) is 2. The molecule has 0 fully saturated rings. The van der Waals surface area contributed by atoms with Gasteiger partial charge in [0, 0.05) is 14.1 Å². The number of benzene rings is 2. The predicted octanol–water partition coefficient (Wildman–Crippen LogP) is 2.55. The van der Waals surface area contributed by atoms with Crippen LogP contribution in [0, 0.1) is 0 Å². The van der Waals surface area contributed by atoms with Crippen molar-refractivity contribution in [1.29, 1.82) is 0 Å². The molecule has 2 aromatic rings. The molecule has 0 saturated heterocycles. The zero-order chi connectivity index (χ0) is 17.7. The van der Waals surface area contributed by atoms with Crippen molar-refractivity contribution in [3.05, 3.63) is 54.1 Å². The summed E-state index contributed by atoms with van der Waals surface area (Å²) in [7, 11) is -0.747. The van der Waals surface area contributed by atoms with Gasteiger partial charge in [0.05, 0.1) is 17.1 Å². The molecule has 24 heavy (non-hydrogen) atoms. The van der Waals surface area contributed by atoms with Crippen LogP contribution < -0.4 is 9.47 Å². The van der Waals surface area contributed by atoms with Gasteiger partial charge >= 0.3 is 5.97 Å². The molecule has 0 atom stereocenters. The van der Waals surface area contributed by atoms with Crippen LogP contribution >= 0.6 is 0 Å². The van der Waals surface area contributed by atoms with Gasteiger partial charge in [-0.2, -0.15) is 0 Å². The van der Waals surface area contributed by atoms with E-state index in [4.69, 9.17) is 9.47 Å². The highest BCUT2D eigenvalue weighted by molar-refractivity contribution is 7.89. The van der Waals surface area contributed by atoms with E-state index in [9.17, 15) is 13.2 Å². The Bertz CT molecular complexity index is 813. The summed E-state index contributed by atoms with van der Waals surface area (Å²) in [4.78, 5) is 12.2. The van der Waals surface area contributed by atoms with Crippen LogP contribution in [0.25, 0.3) is 0 Å². The molecule has 0 bridgehead atoms. The molecule has 0 radical (unpaired) electrons. The smallest absolute Gasteiger partial charge is 0.343 e. The minimum atomic E-state index is -3.61. The molecule has 2 aromatic carbocycles. The SMILES string of the molecule is CCOc1ccc(OC(=O)c2cccc(S(=O)(=O)N(C)C)c2)cc1. The van der Waals surface area contributed by atoms with Crippen molar-refractivity contribution < 1.29 is 22.7 Å². The third-order valence-electron chi connectivity index (χ3n) is 3.19. The summed E-state index contributed by atoms with van der Waals surface area (Å²) in [5.74, 6) is 0.399. The summed E-state index contributed by atoms with van der Waals surface area (Å²) in [5.41, 5.74) is 0.159. The van der Waals surface area contributed by atoms with Gasteiger partial charge in [0.2, 0.25) is 10.0 Å². The second kappa shape index (κ2) is 7.46. The normalized spacial score (nSPS) is 11.3. The minimum Gasteiger partial charge on any atom is -0.494 e. The molecule has 0 N–H and O–H groups in total. The second-order valence-electron chi connectivity index (χ2n) is 5.11. The Labute approximate surface area is 141 Å². The Morgan fingerprint density at radius 1 is 1.04 bits per heavy atom. The number of carbonyl (C=O) groups is 1. The number of sulfonamides is 1. The first-order valence-electron chi connectivity index (χ1n) is 7.32. The maximum absolute atomic E-state index is 12.2. The molecule has 6 nitrogen and oxygen atoms in total. The Morgan fingerprint density at radius 2 is 1.67 bits per heavy atom. The average molecular weight is 349 g/mol. The van der Waals surface area contributed by atoms with Crippen molar-refractivity contribution in [3.8, 4) is 11.5 Å². The lowest BCUT2D eigenvalue weighted by atomic mass is 10.2. The molecule has 2 rings (SSSR count). The van der Waals surface area contributed by atoms with E-state index in [0.717, 1.165) is 4.31 Å². The van der Waals surface area contributed by atoms with Crippen LogP contribution in [0.1, 0.15) is 17.3 Å². The van der Waals surface area contributed by atoms with E-state index in [0.29, 0.717) is 18.1 Å². The Kier molecular flexibility index (Phi) is 5.58. The highest BCUT2D eigenvalue weighted by Gasteiger charge is 2.19. The second-order valence-corrected chi connectivity index (χ2v) is 7.26. The summed E-state index contributed by atoms with van der Waals surface area (Å²) < 4.78 is 35.9. The minimum absolute atomic E-state index is 0.0358. The lowest BCUT2D eigenvalue weighted by Gasteiger charge is -2.12. The standard InChI is InChI=1S/C17H19NO5S/c1-4-22-14-8-10-15(11-9-14)23-17(19)13-6-5-7-16(12-13)24(20,21)18(2)3/h5-12H,4H2,1-3H3. The van der Waals surface area contributed by atoms with Gasteiger partial charge in [0.25, 0.3) is 0 Å². The Balaban J connectivity index is 2.18. The summed E-state index contributed by atoms with van der Waals surface area (Å²) in [6.07, 6.45) is 0. The van der Waals surface area contributed by atoms with E-state index in [2.05, 4.69) is 0 Å². The number of nitrogens with zero attached hydrogens (tertiary/aromatic N) is 1. The van der Waals surface area contributed by atoms with Gasteiger partial charge in [-0.25, -0.2) is 17.5 Å². The fraction of sp³-hybridized carbons (Fsp3) is 0.235. The highest BCUT2D eigenvalue weighted by Crippen LogP contribution is 2.20. The summed E-state index contributed by atoms with van der Waals surface area (Å²) in [6.45, 7) is 2.43. The van der Waals surface area contributed by atoms with Gasteiger partial charge < -0.3 is 9.47 Å². The molecule has 0 aliphatic heterocycles. The third kappa shape index (κ3) is 4.12. The zero-order valence-electron chi connectivity index (χ0n) is 13.7. The molecule has 128 valence electrons. The van der Waals surface area contributed by atoms with Gasteiger partial charge in [-0.15, -0.1) is 0 Å². The maximum atomic E-state index is 12.2. The largest absolute Gasteiger partial charge is 0.494 e. The lowest BCUT2D eigenvalue weighted by molar-refractivity contribution is 0.0734. The van der Waals surface area contributed by atoms with Crippen molar-refractivity contribution in [2.45, 2.75) is 11.8 Å². The number of rotatable bonds is 6. The zero-order valence-corrected chi connectivity index (χ0v) is 14.5. The molecule has 0 aliphatic carbocycles. The fourth-order valence-electron chi connectivity index (χ4n) is 1.93. The van der Waals surface area contributed by atoms with E-state index in [1.165, 1.54) is 38.4 Å². The van der Waals surface area contributed by atoms with Crippen molar-refractivity contribution >= 4 is 16.0 Å². The Morgan fingerprint density at radius 3 is 2.25 bits per heavy atom. The summed E-state index contributed by atoms with van der Waals surface area (Å²) >= 11 is 0. The van der Waals surface area contributed by atoms with Crippen molar-refractivity contribution in [2.75, 3.05) is 20.7 Å². The van der Waals surface area contributed by atoms with E-state index >= 15 is 0 Å². The van der Waals surface area contributed by atoms with Crippen LogP contribution in [0.4, 0.5) is 0 Å². The van der Waals surface area contributed by atoms with Crippen LogP contribution in [0.2, 0.25) is 0 Å². The summed E-state index contributed by atoms with van der Waals surface area (Å²) in [5, 5.41) is 0. The first-order valence-corrected chi connectivity index (χ1v) is 8.76. The first kappa shape index (κ1) is 18.0. The van der Waals surface area contributed by atoms with E-state index in [-0.39, 0.29) is 10.5 Å². The highest BCUT2D eigenvalue weighted by atomic mass is 32.2. The number of hydrogen-bond acceptors (Lipinski definition) is 5. The lowest BCUT2D eigenvalue weighted by Crippen LogP contribution is -2.22. The molecule has 0 aromatic heterocycles.